The predicted octanol–water partition coefficient (Wildman–Crippen LogP) is 1.08. The van der Waals surface area contributed by atoms with Crippen molar-refractivity contribution in [2.45, 2.75) is 50.4 Å². The molecule has 3 unspecified atom stereocenters. The first-order chi connectivity index (χ1) is 7.88. The van der Waals surface area contributed by atoms with E-state index in [0.29, 0.717) is 25.9 Å². The lowest BCUT2D eigenvalue weighted by Gasteiger charge is -2.23. The zero-order chi connectivity index (χ0) is 11.2. The Morgan fingerprint density at radius 3 is 2.50 bits per heavy atom. The summed E-state index contributed by atoms with van der Waals surface area (Å²) in [4.78, 5) is 0. The fraction of sp³-hybridized carbons (Fsp3) is 1.00. The van der Waals surface area contributed by atoms with Crippen molar-refractivity contribution < 1.29 is 14.2 Å². The van der Waals surface area contributed by atoms with E-state index in [0.717, 1.165) is 25.9 Å². The summed E-state index contributed by atoms with van der Waals surface area (Å²) < 4.78 is 17.0. The van der Waals surface area contributed by atoms with Gasteiger partial charge in [0, 0.05) is 13.2 Å². The highest BCUT2D eigenvalue weighted by Gasteiger charge is 2.24. The minimum atomic E-state index is 0.247. The van der Waals surface area contributed by atoms with Crippen molar-refractivity contribution in [2.75, 3.05) is 26.4 Å². The summed E-state index contributed by atoms with van der Waals surface area (Å²) in [5.74, 6) is 0. The van der Waals surface area contributed by atoms with Gasteiger partial charge < -0.3 is 19.9 Å². The maximum atomic E-state index is 5.71. The fourth-order valence-corrected chi connectivity index (χ4v) is 2.35. The van der Waals surface area contributed by atoms with E-state index < -0.39 is 0 Å². The van der Waals surface area contributed by atoms with Crippen molar-refractivity contribution in [3.63, 3.8) is 0 Å². The predicted molar refractivity (Wildman–Crippen MR) is 61.4 cm³/mol. The van der Waals surface area contributed by atoms with Gasteiger partial charge in [0.15, 0.2) is 0 Å². The monoisotopic (exact) mass is 229 g/mol. The van der Waals surface area contributed by atoms with Gasteiger partial charge in [0.1, 0.15) is 0 Å². The highest BCUT2D eigenvalue weighted by atomic mass is 16.6. The van der Waals surface area contributed by atoms with Crippen LogP contribution in [0.2, 0.25) is 0 Å². The van der Waals surface area contributed by atoms with Gasteiger partial charge in [0.05, 0.1) is 31.5 Å². The lowest BCUT2D eigenvalue weighted by atomic mass is 10.1. The Morgan fingerprint density at radius 1 is 1.00 bits per heavy atom. The van der Waals surface area contributed by atoms with Gasteiger partial charge in [-0.3, -0.25) is 0 Å². The van der Waals surface area contributed by atoms with Gasteiger partial charge >= 0.3 is 0 Å². The van der Waals surface area contributed by atoms with Gasteiger partial charge in [-0.15, -0.1) is 0 Å². The molecule has 0 aromatic carbocycles. The van der Waals surface area contributed by atoms with E-state index in [2.05, 4.69) is 0 Å². The molecule has 0 radical (unpaired) electrons. The van der Waals surface area contributed by atoms with Crippen molar-refractivity contribution in [1.29, 1.82) is 0 Å². The number of ether oxygens (including phenoxy) is 3. The zero-order valence-corrected chi connectivity index (χ0v) is 9.90. The summed E-state index contributed by atoms with van der Waals surface area (Å²) in [6.07, 6.45) is 6.55. The molecule has 4 heteroatoms. The third-order valence-electron chi connectivity index (χ3n) is 3.34. The molecule has 2 saturated heterocycles. The molecule has 0 saturated carbocycles. The first-order valence-corrected chi connectivity index (χ1v) is 6.43. The van der Waals surface area contributed by atoms with Crippen LogP contribution < -0.4 is 5.73 Å². The maximum Gasteiger partial charge on any atom is 0.0813 e. The van der Waals surface area contributed by atoms with E-state index in [9.17, 15) is 0 Å². The Labute approximate surface area is 97.4 Å². The smallest absolute Gasteiger partial charge is 0.0813 e. The van der Waals surface area contributed by atoms with Crippen molar-refractivity contribution in [3.8, 4) is 0 Å². The summed E-state index contributed by atoms with van der Waals surface area (Å²) in [6, 6.07) is 0. The van der Waals surface area contributed by atoms with Crippen molar-refractivity contribution >= 4 is 0 Å². The standard InChI is InChI=1S/C12H23NO3/c13-7-10-4-5-12(16-10)9-14-8-11-3-1-2-6-15-11/h10-12H,1-9,13H2. The second-order valence-corrected chi connectivity index (χ2v) is 4.72. The summed E-state index contributed by atoms with van der Waals surface area (Å²) in [7, 11) is 0. The SMILES string of the molecule is NCC1CCC(COCC2CCCCO2)O1. The van der Waals surface area contributed by atoms with E-state index in [1.54, 1.807) is 0 Å². The largest absolute Gasteiger partial charge is 0.376 e. The summed E-state index contributed by atoms with van der Waals surface area (Å²) >= 11 is 0. The molecule has 2 rings (SSSR count). The van der Waals surface area contributed by atoms with Gasteiger partial charge in [0.2, 0.25) is 0 Å². The third kappa shape index (κ3) is 3.70. The van der Waals surface area contributed by atoms with E-state index in [4.69, 9.17) is 19.9 Å². The number of hydrogen-bond acceptors (Lipinski definition) is 4. The molecule has 4 nitrogen and oxygen atoms in total. The maximum absolute atomic E-state index is 5.71. The van der Waals surface area contributed by atoms with E-state index in [1.165, 1.54) is 12.8 Å². The molecule has 2 aliphatic heterocycles. The molecule has 0 aromatic rings. The van der Waals surface area contributed by atoms with Crippen LogP contribution in [0.15, 0.2) is 0 Å². The second kappa shape index (κ2) is 6.55. The molecule has 2 fully saturated rings. The van der Waals surface area contributed by atoms with Crippen molar-refractivity contribution in [2.24, 2.45) is 5.73 Å². The van der Waals surface area contributed by atoms with E-state index in [1.807, 2.05) is 0 Å². The molecule has 2 N–H and O–H groups in total. The van der Waals surface area contributed by atoms with Crippen LogP contribution in [0.25, 0.3) is 0 Å². The minimum absolute atomic E-state index is 0.247. The molecule has 0 bridgehead atoms. The zero-order valence-electron chi connectivity index (χ0n) is 9.90. The van der Waals surface area contributed by atoms with Gasteiger partial charge in [-0.25, -0.2) is 0 Å². The van der Waals surface area contributed by atoms with Crippen LogP contribution in [0, 0.1) is 0 Å². The highest BCUT2D eigenvalue weighted by molar-refractivity contribution is 4.74. The van der Waals surface area contributed by atoms with Crippen molar-refractivity contribution in [1.82, 2.24) is 0 Å². The normalized spacial score (nSPS) is 35.4. The first-order valence-electron chi connectivity index (χ1n) is 6.43. The molecular formula is C12H23NO3. The second-order valence-electron chi connectivity index (χ2n) is 4.72. The summed E-state index contributed by atoms with van der Waals surface area (Å²) in [5, 5.41) is 0. The summed E-state index contributed by atoms with van der Waals surface area (Å²) in [5.41, 5.74) is 5.56. The Balaban J connectivity index is 1.54. The van der Waals surface area contributed by atoms with Crippen LogP contribution in [0.3, 0.4) is 0 Å². The molecule has 2 aliphatic rings. The van der Waals surface area contributed by atoms with Crippen molar-refractivity contribution in [3.05, 3.63) is 0 Å². The topological polar surface area (TPSA) is 53.7 Å². The molecule has 16 heavy (non-hydrogen) atoms. The average molecular weight is 229 g/mol. The van der Waals surface area contributed by atoms with E-state index in [-0.39, 0.29) is 12.2 Å². The molecule has 0 spiro atoms. The number of hydrogen-bond donors (Lipinski definition) is 1. The van der Waals surface area contributed by atoms with Crippen LogP contribution in [-0.2, 0) is 14.2 Å². The first kappa shape index (κ1) is 12.3. The minimum Gasteiger partial charge on any atom is -0.376 e. The number of nitrogens with two attached hydrogens (primary N) is 1. The Morgan fingerprint density at radius 2 is 1.81 bits per heavy atom. The Kier molecular flexibility index (Phi) is 5.03. The third-order valence-corrected chi connectivity index (χ3v) is 3.34. The fourth-order valence-electron chi connectivity index (χ4n) is 2.35. The van der Waals surface area contributed by atoms with Crippen LogP contribution in [-0.4, -0.2) is 44.7 Å². The van der Waals surface area contributed by atoms with Crippen LogP contribution in [0.4, 0.5) is 0 Å². The van der Waals surface area contributed by atoms with Gasteiger partial charge in [-0.1, -0.05) is 0 Å². The lowest BCUT2D eigenvalue weighted by Crippen LogP contribution is -2.27. The molecule has 0 aromatic heterocycles. The Hall–Kier alpha value is -0.160. The van der Waals surface area contributed by atoms with Gasteiger partial charge in [-0.05, 0) is 32.1 Å². The molecule has 0 aliphatic carbocycles. The van der Waals surface area contributed by atoms with Gasteiger partial charge in [-0.2, -0.15) is 0 Å². The van der Waals surface area contributed by atoms with E-state index >= 15 is 0 Å². The Bertz CT molecular complexity index is 195. The van der Waals surface area contributed by atoms with Crippen LogP contribution in [0.5, 0.6) is 0 Å². The van der Waals surface area contributed by atoms with Crippen LogP contribution >= 0.6 is 0 Å². The highest BCUT2D eigenvalue weighted by Crippen LogP contribution is 2.19. The van der Waals surface area contributed by atoms with Gasteiger partial charge in [0.25, 0.3) is 0 Å². The lowest BCUT2D eigenvalue weighted by molar-refractivity contribution is -0.0669. The molecule has 2 heterocycles. The van der Waals surface area contributed by atoms with Crippen LogP contribution in [0.1, 0.15) is 32.1 Å². The summed E-state index contributed by atoms with van der Waals surface area (Å²) in [6.45, 7) is 2.93. The number of rotatable bonds is 5. The quantitative estimate of drug-likeness (QED) is 0.766. The molecule has 0 amide bonds. The average Bonchev–Trinajstić information content (AvgIpc) is 2.78. The molecular weight excluding hydrogens is 206 g/mol. The molecule has 3 atom stereocenters. The molecule has 94 valence electrons.